The Kier molecular flexibility index (Phi) is 4.71. The average Bonchev–Trinajstić information content (AvgIpc) is 3.13. The molecule has 0 atom stereocenters. The highest BCUT2D eigenvalue weighted by Crippen LogP contribution is 2.30. The first-order valence-electron chi connectivity index (χ1n) is 8.69. The smallest absolute Gasteiger partial charge is 0.337 e. The van der Waals surface area contributed by atoms with Crippen molar-refractivity contribution in [1.82, 2.24) is 9.47 Å². The van der Waals surface area contributed by atoms with Gasteiger partial charge in [-0.15, -0.1) is 0 Å². The van der Waals surface area contributed by atoms with Crippen LogP contribution >= 0.6 is 0 Å². The van der Waals surface area contributed by atoms with Gasteiger partial charge in [0.25, 0.3) is 0 Å². The van der Waals surface area contributed by atoms with Crippen LogP contribution in [0.3, 0.4) is 0 Å². The van der Waals surface area contributed by atoms with Crippen LogP contribution in [0.5, 0.6) is 0 Å². The first kappa shape index (κ1) is 16.1. The van der Waals surface area contributed by atoms with Gasteiger partial charge in [0.05, 0.1) is 11.1 Å². The van der Waals surface area contributed by atoms with Gasteiger partial charge in [-0.1, -0.05) is 19.1 Å². The van der Waals surface area contributed by atoms with Crippen molar-refractivity contribution in [3.63, 3.8) is 0 Å². The molecule has 1 saturated heterocycles. The zero-order chi connectivity index (χ0) is 16.4. The molecule has 1 fully saturated rings. The van der Waals surface area contributed by atoms with Crippen LogP contribution in [0.15, 0.2) is 18.2 Å². The van der Waals surface area contributed by atoms with Crippen molar-refractivity contribution in [2.45, 2.75) is 46.1 Å². The van der Waals surface area contributed by atoms with Gasteiger partial charge in [-0.2, -0.15) is 0 Å². The molecule has 124 valence electrons. The Labute approximate surface area is 137 Å². The van der Waals surface area contributed by atoms with Crippen molar-refractivity contribution < 1.29 is 9.90 Å². The van der Waals surface area contributed by atoms with Crippen LogP contribution in [0.4, 0.5) is 0 Å². The van der Waals surface area contributed by atoms with Gasteiger partial charge in [0, 0.05) is 24.2 Å². The molecule has 1 N–H and O–H groups in total. The molecule has 1 aromatic carbocycles. The number of para-hydroxylation sites is 1. The first-order chi connectivity index (χ1) is 11.1. The van der Waals surface area contributed by atoms with E-state index in [2.05, 4.69) is 29.4 Å². The summed E-state index contributed by atoms with van der Waals surface area (Å²) < 4.78 is 2.21. The number of nitrogens with zero attached hydrogens (tertiary/aromatic N) is 2. The fourth-order valence-corrected chi connectivity index (χ4v) is 3.87. The molecular weight excluding hydrogens is 288 g/mol. The number of aryl methyl sites for hydroxylation is 1. The second-order valence-corrected chi connectivity index (χ2v) is 6.52. The number of rotatable bonds is 6. The Morgan fingerprint density at radius 1 is 1.22 bits per heavy atom. The fourth-order valence-electron chi connectivity index (χ4n) is 3.87. The normalized spacial score (nSPS) is 15.6. The van der Waals surface area contributed by atoms with Crippen molar-refractivity contribution >= 4 is 16.9 Å². The van der Waals surface area contributed by atoms with Gasteiger partial charge in [0.2, 0.25) is 0 Å². The summed E-state index contributed by atoms with van der Waals surface area (Å²) in [6, 6.07) is 5.68. The molecule has 0 bridgehead atoms. The van der Waals surface area contributed by atoms with Crippen LogP contribution < -0.4 is 0 Å². The quantitative estimate of drug-likeness (QED) is 0.884. The molecular formula is C19H26N2O2. The number of hydrogen-bond acceptors (Lipinski definition) is 2. The molecule has 1 aliphatic heterocycles. The standard InChI is InChI=1S/C19H26N2O2/c1-3-10-21-14(2)15(9-13-20-11-4-5-12-20)16-7-6-8-17(18(16)21)19(22)23/h6-8H,3-5,9-13H2,1-2H3,(H,22,23). The van der Waals surface area contributed by atoms with Gasteiger partial charge in [0.15, 0.2) is 0 Å². The highest BCUT2D eigenvalue weighted by Gasteiger charge is 2.20. The summed E-state index contributed by atoms with van der Waals surface area (Å²) in [6.45, 7) is 8.62. The van der Waals surface area contributed by atoms with Gasteiger partial charge < -0.3 is 14.6 Å². The molecule has 0 spiro atoms. The number of carboxylic acids is 1. The van der Waals surface area contributed by atoms with Crippen LogP contribution in [0, 0.1) is 6.92 Å². The van der Waals surface area contributed by atoms with Crippen molar-refractivity contribution in [3.05, 3.63) is 35.0 Å². The van der Waals surface area contributed by atoms with Crippen molar-refractivity contribution in [1.29, 1.82) is 0 Å². The molecule has 3 rings (SSSR count). The van der Waals surface area contributed by atoms with E-state index in [1.54, 1.807) is 6.07 Å². The minimum absolute atomic E-state index is 0.423. The van der Waals surface area contributed by atoms with Gasteiger partial charge in [-0.3, -0.25) is 0 Å². The third-order valence-corrected chi connectivity index (χ3v) is 5.03. The summed E-state index contributed by atoms with van der Waals surface area (Å²) in [4.78, 5) is 14.2. The highest BCUT2D eigenvalue weighted by molar-refractivity contribution is 6.03. The molecule has 0 aliphatic carbocycles. The molecule has 0 radical (unpaired) electrons. The number of carbonyl (C=O) groups is 1. The minimum Gasteiger partial charge on any atom is -0.478 e. The maximum absolute atomic E-state index is 11.6. The molecule has 1 aromatic heterocycles. The van der Waals surface area contributed by atoms with E-state index in [0.717, 1.165) is 36.8 Å². The third-order valence-electron chi connectivity index (χ3n) is 5.03. The monoisotopic (exact) mass is 314 g/mol. The number of fused-ring (bicyclic) bond motifs is 1. The van der Waals surface area contributed by atoms with E-state index in [0.29, 0.717) is 5.56 Å². The average molecular weight is 314 g/mol. The summed E-state index contributed by atoms with van der Waals surface area (Å²) in [6.07, 6.45) is 4.62. The molecule has 23 heavy (non-hydrogen) atoms. The lowest BCUT2D eigenvalue weighted by molar-refractivity contribution is 0.0698. The second kappa shape index (κ2) is 6.75. The van der Waals surface area contributed by atoms with Crippen LogP contribution in [-0.4, -0.2) is 40.2 Å². The first-order valence-corrected chi connectivity index (χ1v) is 8.69. The summed E-state index contributed by atoms with van der Waals surface area (Å²) in [5.74, 6) is -0.837. The van der Waals surface area contributed by atoms with Crippen LogP contribution in [0.2, 0.25) is 0 Å². The molecule has 0 saturated carbocycles. The predicted octanol–water partition coefficient (Wildman–Crippen LogP) is 3.70. The molecule has 4 heteroatoms. The van der Waals surface area contributed by atoms with E-state index in [1.165, 1.54) is 37.2 Å². The van der Waals surface area contributed by atoms with E-state index in [9.17, 15) is 9.90 Å². The summed E-state index contributed by atoms with van der Waals surface area (Å²) in [5, 5.41) is 10.7. The summed E-state index contributed by atoms with van der Waals surface area (Å²) in [5.41, 5.74) is 3.88. The van der Waals surface area contributed by atoms with E-state index < -0.39 is 5.97 Å². The zero-order valence-electron chi connectivity index (χ0n) is 14.1. The topological polar surface area (TPSA) is 45.5 Å². The van der Waals surface area contributed by atoms with Crippen molar-refractivity contribution in [2.75, 3.05) is 19.6 Å². The van der Waals surface area contributed by atoms with E-state index in [1.807, 2.05) is 6.07 Å². The Bertz CT molecular complexity index is 712. The molecule has 2 aromatic rings. The Hall–Kier alpha value is -1.81. The molecule has 4 nitrogen and oxygen atoms in total. The van der Waals surface area contributed by atoms with Gasteiger partial charge in [-0.25, -0.2) is 4.79 Å². The SMILES string of the molecule is CCCn1c(C)c(CCN2CCCC2)c2cccc(C(=O)O)c21. The van der Waals surface area contributed by atoms with Crippen molar-refractivity contribution in [2.24, 2.45) is 0 Å². The summed E-state index contributed by atoms with van der Waals surface area (Å²) >= 11 is 0. The predicted molar refractivity (Wildman–Crippen MR) is 93.3 cm³/mol. The molecule has 0 amide bonds. The molecule has 0 unspecified atom stereocenters. The van der Waals surface area contributed by atoms with Crippen LogP contribution in [0.25, 0.3) is 10.9 Å². The molecule has 2 heterocycles. The number of aromatic carboxylic acids is 1. The number of carboxylic acid groups (broad SMARTS) is 1. The largest absolute Gasteiger partial charge is 0.478 e. The van der Waals surface area contributed by atoms with Gasteiger partial charge >= 0.3 is 5.97 Å². The van der Waals surface area contributed by atoms with E-state index in [-0.39, 0.29) is 0 Å². The number of benzene rings is 1. The lowest BCUT2D eigenvalue weighted by Gasteiger charge is -2.14. The summed E-state index contributed by atoms with van der Waals surface area (Å²) in [7, 11) is 0. The number of aromatic nitrogens is 1. The maximum atomic E-state index is 11.6. The fraction of sp³-hybridized carbons (Fsp3) is 0.526. The number of likely N-dealkylation sites (tertiary alicyclic amines) is 1. The Balaban J connectivity index is 2.04. The zero-order valence-corrected chi connectivity index (χ0v) is 14.1. The van der Waals surface area contributed by atoms with E-state index >= 15 is 0 Å². The minimum atomic E-state index is -0.837. The number of hydrogen-bond donors (Lipinski definition) is 1. The maximum Gasteiger partial charge on any atom is 0.337 e. The Morgan fingerprint density at radius 2 is 1.96 bits per heavy atom. The van der Waals surface area contributed by atoms with Crippen LogP contribution in [-0.2, 0) is 13.0 Å². The molecule has 1 aliphatic rings. The van der Waals surface area contributed by atoms with Crippen LogP contribution in [0.1, 0.15) is 47.8 Å². The van der Waals surface area contributed by atoms with Gasteiger partial charge in [0.1, 0.15) is 0 Å². The van der Waals surface area contributed by atoms with Crippen molar-refractivity contribution in [3.8, 4) is 0 Å². The third kappa shape index (κ3) is 3.00. The highest BCUT2D eigenvalue weighted by atomic mass is 16.4. The Morgan fingerprint density at radius 3 is 2.61 bits per heavy atom. The lowest BCUT2D eigenvalue weighted by atomic mass is 10.1. The second-order valence-electron chi connectivity index (χ2n) is 6.52. The lowest BCUT2D eigenvalue weighted by Crippen LogP contribution is -2.22. The van der Waals surface area contributed by atoms with Gasteiger partial charge in [-0.05, 0) is 57.3 Å². The van der Waals surface area contributed by atoms with E-state index in [4.69, 9.17) is 0 Å².